The number of hydrogen-bond donors (Lipinski definition) is 3. The smallest absolute Gasteiger partial charge is 0.322 e. The summed E-state index contributed by atoms with van der Waals surface area (Å²) >= 11 is 0. The summed E-state index contributed by atoms with van der Waals surface area (Å²) in [7, 11) is 0. The second-order valence-corrected chi connectivity index (χ2v) is 5.72. The van der Waals surface area contributed by atoms with Gasteiger partial charge in [0.25, 0.3) is 0 Å². The molecular weight excluding hydrogens is 330 g/mol. The Labute approximate surface area is 148 Å². The van der Waals surface area contributed by atoms with E-state index in [9.17, 15) is 9.59 Å². The Morgan fingerprint density at radius 1 is 1.08 bits per heavy atom. The van der Waals surface area contributed by atoms with E-state index in [4.69, 9.17) is 0 Å². The molecule has 7 heteroatoms. The van der Waals surface area contributed by atoms with Crippen LogP contribution in [0.2, 0.25) is 0 Å². The van der Waals surface area contributed by atoms with Crippen LogP contribution in [0.15, 0.2) is 71.8 Å². The van der Waals surface area contributed by atoms with Gasteiger partial charge in [0.2, 0.25) is 5.91 Å². The number of para-hydroxylation sites is 1. The van der Waals surface area contributed by atoms with Gasteiger partial charge in [-0.1, -0.05) is 18.2 Å². The highest BCUT2D eigenvalue weighted by molar-refractivity contribution is 6.02. The first-order chi connectivity index (χ1) is 12.7. The number of hydrogen-bond acceptors (Lipinski definition) is 3. The van der Waals surface area contributed by atoms with Crippen molar-refractivity contribution in [1.29, 1.82) is 0 Å². The highest BCUT2D eigenvalue weighted by atomic mass is 16.1. The molecule has 2 heterocycles. The van der Waals surface area contributed by atoms with Crippen molar-refractivity contribution in [2.45, 2.75) is 0 Å². The van der Waals surface area contributed by atoms with Crippen LogP contribution in [0.25, 0.3) is 22.8 Å². The van der Waals surface area contributed by atoms with Crippen LogP contribution >= 0.6 is 0 Å². The molecule has 26 heavy (non-hydrogen) atoms. The summed E-state index contributed by atoms with van der Waals surface area (Å²) in [5.41, 5.74) is 3.42. The quantitative estimate of drug-likeness (QED) is 0.496. The van der Waals surface area contributed by atoms with Gasteiger partial charge >= 0.3 is 5.69 Å². The van der Waals surface area contributed by atoms with E-state index in [0.717, 1.165) is 11.3 Å². The highest BCUT2D eigenvalue weighted by Crippen LogP contribution is 2.15. The summed E-state index contributed by atoms with van der Waals surface area (Å²) in [6.45, 7) is 0. The fourth-order valence-corrected chi connectivity index (χ4v) is 2.61. The molecular formula is C19H15N5O2. The third kappa shape index (κ3) is 3.32. The predicted octanol–water partition coefficient (Wildman–Crippen LogP) is 2.69. The van der Waals surface area contributed by atoms with Crippen molar-refractivity contribution in [2.24, 2.45) is 0 Å². The number of nitrogens with zero attached hydrogens (tertiary/aromatic N) is 2. The van der Waals surface area contributed by atoms with E-state index in [-0.39, 0.29) is 11.6 Å². The Bertz CT molecular complexity index is 1150. The molecule has 0 aliphatic rings. The first-order valence-electron chi connectivity index (χ1n) is 7.99. The number of carbonyl (C=O) groups excluding carboxylic acids is 1. The van der Waals surface area contributed by atoms with Crippen LogP contribution < -0.4 is 11.0 Å². The molecule has 0 aliphatic heterocycles. The molecule has 7 nitrogen and oxygen atoms in total. The van der Waals surface area contributed by atoms with E-state index in [2.05, 4.69) is 20.4 Å². The van der Waals surface area contributed by atoms with Crippen LogP contribution in [-0.4, -0.2) is 25.7 Å². The Hall–Kier alpha value is -3.87. The molecule has 3 N–H and O–H groups in total. The molecule has 0 saturated heterocycles. The predicted molar refractivity (Wildman–Crippen MR) is 100 cm³/mol. The van der Waals surface area contributed by atoms with Gasteiger partial charge in [0, 0.05) is 23.5 Å². The number of imidazole rings is 1. The molecule has 128 valence electrons. The first kappa shape index (κ1) is 15.6. The van der Waals surface area contributed by atoms with Crippen LogP contribution in [0, 0.1) is 0 Å². The van der Waals surface area contributed by atoms with Crippen molar-refractivity contribution in [2.75, 3.05) is 5.32 Å². The second-order valence-electron chi connectivity index (χ2n) is 5.72. The van der Waals surface area contributed by atoms with Gasteiger partial charge in [-0.2, -0.15) is 5.10 Å². The third-order valence-corrected chi connectivity index (χ3v) is 3.83. The summed E-state index contributed by atoms with van der Waals surface area (Å²) in [4.78, 5) is 28.7. The lowest BCUT2D eigenvalue weighted by Gasteiger charge is -2.01. The van der Waals surface area contributed by atoms with E-state index in [1.165, 1.54) is 6.08 Å². The zero-order valence-electron chi connectivity index (χ0n) is 13.6. The van der Waals surface area contributed by atoms with Gasteiger partial charge in [-0.25, -0.2) is 9.48 Å². The normalized spacial score (nSPS) is 11.2. The number of fused-ring (bicyclic) bond motifs is 1. The molecule has 0 saturated carbocycles. The van der Waals surface area contributed by atoms with Crippen LogP contribution in [0.3, 0.4) is 0 Å². The zero-order chi connectivity index (χ0) is 17.9. The number of aromatic amines is 2. The SMILES string of the molecule is O=C(/C=C/c1cnn(-c2ccccc2)c1)Nc1ccc2[nH]c(=O)[nH]c2c1. The average molecular weight is 345 g/mol. The van der Waals surface area contributed by atoms with E-state index in [1.54, 1.807) is 35.2 Å². The topological polar surface area (TPSA) is 95.6 Å². The van der Waals surface area contributed by atoms with Crippen LogP contribution in [-0.2, 0) is 4.79 Å². The minimum Gasteiger partial charge on any atom is -0.322 e. The number of carbonyl (C=O) groups is 1. The molecule has 2 aromatic carbocycles. The van der Waals surface area contributed by atoms with E-state index in [0.29, 0.717) is 16.7 Å². The molecule has 0 unspecified atom stereocenters. The monoisotopic (exact) mass is 345 g/mol. The highest BCUT2D eigenvalue weighted by Gasteiger charge is 2.03. The minimum absolute atomic E-state index is 0.269. The number of aromatic nitrogens is 4. The van der Waals surface area contributed by atoms with E-state index < -0.39 is 0 Å². The maximum absolute atomic E-state index is 12.1. The van der Waals surface area contributed by atoms with Gasteiger partial charge in [-0.15, -0.1) is 0 Å². The van der Waals surface area contributed by atoms with Crippen molar-refractivity contribution in [3.8, 4) is 5.69 Å². The molecule has 0 spiro atoms. The number of benzene rings is 2. The van der Waals surface area contributed by atoms with Crippen molar-refractivity contribution >= 4 is 28.7 Å². The number of anilines is 1. The van der Waals surface area contributed by atoms with E-state index in [1.807, 2.05) is 36.5 Å². The fraction of sp³-hybridized carbons (Fsp3) is 0. The number of rotatable bonds is 4. The van der Waals surface area contributed by atoms with Crippen molar-refractivity contribution in [3.63, 3.8) is 0 Å². The van der Waals surface area contributed by atoms with Crippen molar-refractivity contribution in [1.82, 2.24) is 19.7 Å². The summed E-state index contributed by atoms with van der Waals surface area (Å²) in [6, 6.07) is 14.9. The van der Waals surface area contributed by atoms with Gasteiger partial charge in [-0.3, -0.25) is 4.79 Å². The minimum atomic E-state index is -0.279. The van der Waals surface area contributed by atoms with Crippen LogP contribution in [0.4, 0.5) is 5.69 Å². The lowest BCUT2D eigenvalue weighted by Crippen LogP contribution is -2.07. The third-order valence-electron chi connectivity index (χ3n) is 3.83. The Morgan fingerprint density at radius 3 is 2.73 bits per heavy atom. The standard InChI is InChI=1S/C19H15N5O2/c25-18(21-14-7-8-16-17(10-14)23-19(26)22-16)9-6-13-11-20-24(12-13)15-4-2-1-3-5-15/h1-12H,(H,21,25)(H2,22,23,26)/b9-6+. The lowest BCUT2D eigenvalue weighted by molar-refractivity contribution is -0.111. The molecule has 0 aliphatic carbocycles. The molecule has 0 bridgehead atoms. The number of H-pyrrole nitrogens is 2. The Morgan fingerprint density at radius 2 is 1.88 bits per heavy atom. The Balaban J connectivity index is 1.45. The maximum atomic E-state index is 12.1. The summed E-state index contributed by atoms with van der Waals surface area (Å²) < 4.78 is 1.74. The fourth-order valence-electron chi connectivity index (χ4n) is 2.61. The molecule has 2 aromatic heterocycles. The first-order valence-corrected chi connectivity index (χ1v) is 7.99. The van der Waals surface area contributed by atoms with Gasteiger partial charge < -0.3 is 15.3 Å². The molecule has 4 rings (SSSR count). The van der Waals surface area contributed by atoms with Crippen molar-refractivity contribution < 1.29 is 4.79 Å². The molecule has 1 amide bonds. The maximum Gasteiger partial charge on any atom is 0.323 e. The molecule has 0 radical (unpaired) electrons. The van der Waals surface area contributed by atoms with Gasteiger partial charge in [0.05, 0.1) is 22.9 Å². The largest absolute Gasteiger partial charge is 0.323 e. The number of amides is 1. The van der Waals surface area contributed by atoms with Gasteiger partial charge in [0.1, 0.15) is 0 Å². The summed E-state index contributed by atoms with van der Waals surface area (Å²) in [6.07, 6.45) is 6.66. The van der Waals surface area contributed by atoms with E-state index >= 15 is 0 Å². The van der Waals surface area contributed by atoms with Crippen LogP contribution in [0.1, 0.15) is 5.56 Å². The van der Waals surface area contributed by atoms with Gasteiger partial charge in [-0.05, 0) is 36.4 Å². The summed E-state index contributed by atoms with van der Waals surface area (Å²) in [5.74, 6) is -0.269. The zero-order valence-corrected chi connectivity index (χ0v) is 13.6. The molecule has 0 atom stereocenters. The lowest BCUT2D eigenvalue weighted by atomic mass is 10.2. The molecule has 4 aromatic rings. The van der Waals surface area contributed by atoms with Crippen molar-refractivity contribution in [3.05, 3.63) is 83.0 Å². The summed E-state index contributed by atoms with van der Waals surface area (Å²) in [5, 5.41) is 7.04. The second kappa shape index (κ2) is 6.56. The Kier molecular flexibility index (Phi) is 3.95. The molecule has 0 fully saturated rings. The number of nitrogens with one attached hydrogen (secondary N) is 3. The van der Waals surface area contributed by atoms with Gasteiger partial charge in [0.15, 0.2) is 0 Å². The van der Waals surface area contributed by atoms with Crippen LogP contribution in [0.5, 0.6) is 0 Å². The average Bonchev–Trinajstić information content (AvgIpc) is 3.26.